The number of nitrogens with one attached hydrogen (secondary N) is 1. The van der Waals surface area contributed by atoms with Gasteiger partial charge in [-0.25, -0.2) is 9.97 Å². The summed E-state index contributed by atoms with van der Waals surface area (Å²) in [7, 11) is 0. The van der Waals surface area contributed by atoms with Gasteiger partial charge < -0.3 is 14.8 Å². The van der Waals surface area contributed by atoms with Gasteiger partial charge in [0.15, 0.2) is 11.6 Å². The highest BCUT2D eigenvalue weighted by Gasteiger charge is 2.26. The van der Waals surface area contributed by atoms with Crippen molar-refractivity contribution in [1.29, 1.82) is 0 Å². The molecule has 0 atom stereocenters. The van der Waals surface area contributed by atoms with Crippen LogP contribution in [0.15, 0.2) is 22.8 Å². The van der Waals surface area contributed by atoms with Gasteiger partial charge in [-0.2, -0.15) is 0 Å². The van der Waals surface area contributed by atoms with Crippen LogP contribution in [-0.4, -0.2) is 21.0 Å². The second-order valence-corrected chi connectivity index (χ2v) is 9.70. The lowest BCUT2D eigenvalue weighted by atomic mass is 9.83. The van der Waals surface area contributed by atoms with Gasteiger partial charge in [0, 0.05) is 24.1 Å². The van der Waals surface area contributed by atoms with Crippen LogP contribution in [0.1, 0.15) is 79.3 Å². The zero-order valence-electron chi connectivity index (χ0n) is 17.3. The summed E-state index contributed by atoms with van der Waals surface area (Å²) in [6.45, 7) is 7.42. The van der Waals surface area contributed by atoms with Gasteiger partial charge in [-0.15, -0.1) is 11.3 Å². The highest BCUT2D eigenvalue weighted by molar-refractivity contribution is 7.18. The van der Waals surface area contributed by atoms with Gasteiger partial charge in [-0.3, -0.25) is 4.79 Å². The highest BCUT2D eigenvalue weighted by Crippen LogP contribution is 2.41. The average Bonchev–Trinajstić information content (AvgIpc) is 3.26. The minimum absolute atomic E-state index is 0.214. The third-order valence-electron chi connectivity index (χ3n) is 5.67. The zero-order chi connectivity index (χ0) is 20.8. The van der Waals surface area contributed by atoms with Crippen LogP contribution in [0.5, 0.6) is 0 Å². The van der Waals surface area contributed by atoms with Crippen LogP contribution < -0.4 is 5.32 Å². The zero-order valence-corrected chi connectivity index (χ0v) is 18.1. The van der Waals surface area contributed by atoms with Crippen molar-refractivity contribution in [2.45, 2.75) is 64.9 Å². The van der Waals surface area contributed by atoms with Gasteiger partial charge in [0.1, 0.15) is 6.26 Å². The predicted octanol–water partition coefficient (Wildman–Crippen LogP) is 5.37. The van der Waals surface area contributed by atoms with E-state index < -0.39 is 5.60 Å². The number of aliphatic hydroxyl groups is 1. The summed E-state index contributed by atoms with van der Waals surface area (Å²) < 4.78 is 6.15. The Balaban J connectivity index is 1.69. The summed E-state index contributed by atoms with van der Waals surface area (Å²) in [6, 6.07) is 3.81. The number of fused-ring (bicyclic) bond motifs is 1. The summed E-state index contributed by atoms with van der Waals surface area (Å²) in [5.41, 5.74) is 1.16. The molecule has 1 saturated carbocycles. The van der Waals surface area contributed by atoms with Gasteiger partial charge in [0.2, 0.25) is 0 Å². The van der Waals surface area contributed by atoms with Crippen LogP contribution in [0.3, 0.4) is 0 Å². The van der Waals surface area contributed by atoms with E-state index >= 15 is 0 Å². The molecule has 0 bridgehead atoms. The van der Waals surface area contributed by atoms with E-state index in [1.165, 1.54) is 31.9 Å². The van der Waals surface area contributed by atoms with Crippen LogP contribution in [0.2, 0.25) is 0 Å². The summed E-state index contributed by atoms with van der Waals surface area (Å²) in [5.74, 6) is 1.37. The number of carbonyl (C=O) groups excluding carboxylic acids is 1. The van der Waals surface area contributed by atoms with Crippen LogP contribution in [-0.2, 0) is 5.60 Å². The number of anilines is 1. The molecule has 6 nitrogen and oxygen atoms in total. The molecule has 0 unspecified atom stereocenters. The molecule has 0 radical (unpaired) electrons. The normalized spacial score (nSPS) is 20.2. The number of carbonyl (C=O) groups is 1. The Hall–Kier alpha value is -2.25. The van der Waals surface area contributed by atoms with Crippen molar-refractivity contribution < 1.29 is 14.3 Å². The monoisotopic (exact) mass is 413 g/mol. The molecule has 154 valence electrons. The van der Waals surface area contributed by atoms with E-state index in [0.717, 1.165) is 21.1 Å². The fourth-order valence-electron chi connectivity index (χ4n) is 3.94. The molecular weight excluding hydrogens is 386 g/mol. The first-order valence-corrected chi connectivity index (χ1v) is 10.9. The van der Waals surface area contributed by atoms with Crippen LogP contribution >= 0.6 is 11.3 Å². The molecule has 1 fully saturated rings. The summed E-state index contributed by atoms with van der Waals surface area (Å²) in [6.07, 6.45) is 6.17. The number of aromatic nitrogens is 2. The lowest BCUT2D eigenvalue weighted by Crippen LogP contribution is -2.21. The maximum absolute atomic E-state index is 12.6. The predicted molar refractivity (Wildman–Crippen MR) is 114 cm³/mol. The lowest BCUT2D eigenvalue weighted by molar-refractivity contribution is 0.0794. The van der Waals surface area contributed by atoms with Crippen molar-refractivity contribution in [3.8, 4) is 0 Å². The Morgan fingerprint density at radius 1 is 1.24 bits per heavy atom. The van der Waals surface area contributed by atoms with Crippen LogP contribution in [0.4, 0.5) is 5.69 Å². The van der Waals surface area contributed by atoms with E-state index in [-0.39, 0.29) is 11.6 Å². The molecule has 1 aromatic carbocycles. The van der Waals surface area contributed by atoms with E-state index in [0.29, 0.717) is 23.1 Å². The fraction of sp³-hybridized carbons (Fsp3) is 0.500. The quantitative estimate of drug-likeness (QED) is 0.600. The van der Waals surface area contributed by atoms with Gasteiger partial charge in [0.25, 0.3) is 5.91 Å². The molecular formula is C22H27N3O3S. The molecule has 2 N–H and O–H groups in total. The average molecular weight is 414 g/mol. The molecule has 1 aliphatic carbocycles. The minimum Gasteiger partial charge on any atom is -0.448 e. The topological polar surface area (TPSA) is 88.2 Å². The Morgan fingerprint density at radius 2 is 1.97 bits per heavy atom. The first-order chi connectivity index (χ1) is 13.7. The van der Waals surface area contributed by atoms with E-state index in [9.17, 15) is 9.90 Å². The molecule has 0 aliphatic heterocycles. The molecule has 0 saturated heterocycles. The maximum atomic E-state index is 12.6. The third kappa shape index (κ3) is 4.21. The van der Waals surface area contributed by atoms with E-state index in [1.54, 1.807) is 32.1 Å². The van der Waals surface area contributed by atoms with E-state index in [1.807, 2.05) is 12.1 Å². The third-order valence-corrected chi connectivity index (χ3v) is 6.85. The van der Waals surface area contributed by atoms with Gasteiger partial charge in [0.05, 0.1) is 20.8 Å². The Morgan fingerprint density at radius 3 is 2.59 bits per heavy atom. The maximum Gasteiger partial charge on any atom is 0.277 e. The lowest BCUT2D eigenvalue weighted by Gasteiger charge is -2.24. The first kappa shape index (κ1) is 20.0. The highest BCUT2D eigenvalue weighted by atomic mass is 32.1. The summed E-state index contributed by atoms with van der Waals surface area (Å²) in [4.78, 5) is 21.6. The molecule has 2 aromatic heterocycles. The van der Waals surface area contributed by atoms with E-state index in [2.05, 4.69) is 17.2 Å². The molecule has 3 aromatic rings. The van der Waals surface area contributed by atoms with Crippen molar-refractivity contribution in [3.63, 3.8) is 0 Å². The molecule has 4 rings (SSSR count). The van der Waals surface area contributed by atoms with Crippen molar-refractivity contribution in [2.24, 2.45) is 5.92 Å². The van der Waals surface area contributed by atoms with Gasteiger partial charge in [-0.05, 0) is 44.7 Å². The molecule has 1 amide bonds. The summed E-state index contributed by atoms with van der Waals surface area (Å²) >= 11 is 1.69. The molecule has 29 heavy (non-hydrogen) atoms. The number of rotatable bonds is 4. The minimum atomic E-state index is -1.12. The van der Waals surface area contributed by atoms with E-state index in [4.69, 9.17) is 9.40 Å². The Bertz CT molecular complexity index is 1040. The standard InChI is InChI=1S/C22H27N3O3S/c1-12-5-7-14(8-6-12)21-25-17-9-15(22(3,4)27)16(10-19(17)29-21)24-20(26)18-11-28-13(2)23-18/h9-12,14,27H,5-8H2,1-4H3,(H,24,26). The second kappa shape index (κ2) is 7.54. The Kier molecular flexibility index (Phi) is 5.21. The summed E-state index contributed by atoms with van der Waals surface area (Å²) in [5, 5.41) is 14.7. The number of amides is 1. The number of oxazole rings is 1. The van der Waals surface area contributed by atoms with Crippen molar-refractivity contribution in [3.05, 3.63) is 40.6 Å². The van der Waals surface area contributed by atoms with Gasteiger partial charge >= 0.3 is 0 Å². The number of aryl methyl sites for hydroxylation is 1. The fourth-order valence-corrected chi connectivity index (χ4v) is 5.09. The second-order valence-electron chi connectivity index (χ2n) is 8.64. The first-order valence-electron chi connectivity index (χ1n) is 10.1. The van der Waals surface area contributed by atoms with Crippen molar-refractivity contribution in [1.82, 2.24) is 9.97 Å². The number of benzene rings is 1. The Labute approximate surface area is 174 Å². The number of thiazole rings is 1. The van der Waals surface area contributed by atoms with Gasteiger partial charge in [-0.1, -0.05) is 19.8 Å². The smallest absolute Gasteiger partial charge is 0.277 e. The van der Waals surface area contributed by atoms with Crippen LogP contribution in [0, 0.1) is 12.8 Å². The molecule has 1 aliphatic rings. The van der Waals surface area contributed by atoms with Crippen molar-refractivity contribution >= 4 is 33.1 Å². The number of nitrogens with zero attached hydrogens (tertiary/aromatic N) is 2. The largest absolute Gasteiger partial charge is 0.448 e. The van der Waals surface area contributed by atoms with Crippen molar-refractivity contribution in [2.75, 3.05) is 5.32 Å². The molecule has 7 heteroatoms. The molecule has 2 heterocycles. The SMILES string of the molecule is Cc1nc(C(=O)Nc2cc3sc(C4CCC(C)CC4)nc3cc2C(C)(C)O)co1. The number of hydrogen-bond donors (Lipinski definition) is 2. The van der Waals surface area contributed by atoms with Crippen LogP contribution in [0.25, 0.3) is 10.2 Å². The molecule has 0 spiro atoms. The number of hydrogen-bond acceptors (Lipinski definition) is 6.